The Balaban J connectivity index is 1.77. The van der Waals surface area contributed by atoms with Crippen molar-refractivity contribution in [3.8, 4) is 0 Å². The summed E-state index contributed by atoms with van der Waals surface area (Å²) in [5, 5.41) is 4.31. The summed E-state index contributed by atoms with van der Waals surface area (Å²) in [6.07, 6.45) is 1.02. The molecule has 7 heteroatoms. The maximum absolute atomic E-state index is 6.14. The quantitative estimate of drug-likeness (QED) is 0.861. The molecule has 2 aliphatic heterocycles. The molecule has 134 valence electrons. The maximum atomic E-state index is 6.14. The van der Waals surface area contributed by atoms with E-state index in [1.54, 1.807) is 0 Å². The van der Waals surface area contributed by atoms with Crippen molar-refractivity contribution in [2.45, 2.75) is 12.5 Å². The maximum Gasteiger partial charge on any atom is 0.227 e. The van der Waals surface area contributed by atoms with Gasteiger partial charge in [-0.25, -0.2) is 4.98 Å². The second kappa shape index (κ2) is 6.65. The van der Waals surface area contributed by atoms with Gasteiger partial charge in [-0.05, 0) is 31.7 Å². The number of rotatable bonds is 3. The number of nitrogens with two attached hydrogens (primary N) is 1. The van der Waals surface area contributed by atoms with Gasteiger partial charge in [0.15, 0.2) is 0 Å². The zero-order valence-electron chi connectivity index (χ0n) is 15.1. The average Bonchev–Trinajstić information content (AvgIpc) is 3.07. The predicted molar refractivity (Wildman–Crippen MR) is 104 cm³/mol. The molecule has 2 saturated heterocycles. The summed E-state index contributed by atoms with van der Waals surface area (Å²) in [6.45, 7) is 5.84. The molecule has 25 heavy (non-hydrogen) atoms. The van der Waals surface area contributed by atoms with Crippen molar-refractivity contribution in [1.82, 2.24) is 14.9 Å². The van der Waals surface area contributed by atoms with E-state index in [1.165, 1.54) is 0 Å². The Morgan fingerprint density at radius 2 is 1.88 bits per heavy atom. The highest BCUT2D eigenvalue weighted by molar-refractivity contribution is 5.92. The smallest absolute Gasteiger partial charge is 0.227 e. The highest BCUT2D eigenvalue weighted by Crippen LogP contribution is 2.30. The van der Waals surface area contributed by atoms with E-state index >= 15 is 0 Å². The fourth-order valence-electron chi connectivity index (χ4n) is 3.63. The van der Waals surface area contributed by atoms with Gasteiger partial charge in [0.05, 0.1) is 5.52 Å². The minimum Gasteiger partial charge on any atom is -0.388 e. The van der Waals surface area contributed by atoms with E-state index in [0.717, 1.165) is 74.0 Å². The molecule has 1 aromatic heterocycles. The van der Waals surface area contributed by atoms with Crippen LogP contribution in [-0.4, -0.2) is 74.3 Å². The third kappa shape index (κ3) is 3.21. The van der Waals surface area contributed by atoms with Crippen molar-refractivity contribution in [1.29, 1.82) is 0 Å². The second-order valence-corrected chi connectivity index (χ2v) is 7.11. The van der Waals surface area contributed by atoms with Crippen LogP contribution >= 0.6 is 0 Å². The van der Waals surface area contributed by atoms with Crippen LogP contribution in [0.25, 0.3) is 10.9 Å². The molecule has 3 N–H and O–H groups in total. The van der Waals surface area contributed by atoms with Gasteiger partial charge in [0, 0.05) is 63.4 Å². The number of fused-ring (bicyclic) bond motifs is 1. The van der Waals surface area contributed by atoms with Gasteiger partial charge >= 0.3 is 0 Å². The normalized spacial score (nSPS) is 22.0. The van der Waals surface area contributed by atoms with E-state index in [2.05, 4.69) is 45.3 Å². The molecule has 1 atom stereocenters. The van der Waals surface area contributed by atoms with Gasteiger partial charge in [0.25, 0.3) is 0 Å². The summed E-state index contributed by atoms with van der Waals surface area (Å²) in [7, 11) is 4.10. The number of hydrogen-bond donors (Lipinski definition) is 2. The first-order valence-corrected chi connectivity index (χ1v) is 9.07. The molecule has 1 aromatic carbocycles. The van der Waals surface area contributed by atoms with Crippen molar-refractivity contribution >= 4 is 28.4 Å². The molecule has 0 amide bonds. The summed E-state index contributed by atoms with van der Waals surface area (Å²) in [5.41, 5.74) is 8.20. The van der Waals surface area contributed by atoms with Gasteiger partial charge in [0.2, 0.25) is 5.95 Å². The standard InChI is InChI=1S/C18H27N7/c1-20-14-3-4-15-16(11-14)21-18(24-9-7-23(2)8-10-24)22-17(15)25-6-5-13(19)12-25/h3-4,11,13,20H,5-10,12,19H2,1-2H3/t13-/m1/s1. The molecule has 4 rings (SSSR count). The van der Waals surface area contributed by atoms with Crippen molar-refractivity contribution in [2.75, 3.05) is 68.5 Å². The van der Waals surface area contributed by atoms with Gasteiger partial charge in [-0.3, -0.25) is 0 Å². The summed E-state index contributed by atoms with van der Waals surface area (Å²) in [6, 6.07) is 6.54. The number of nitrogens with one attached hydrogen (secondary N) is 1. The average molecular weight is 341 g/mol. The van der Waals surface area contributed by atoms with Crippen LogP contribution in [0.15, 0.2) is 18.2 Å². The first-order chi connectivity index (χ1) is 12.1. The van der Waals surface area contributed by atoms with Crippen molar-refractivity contribution in [3.05, 3.63) is 18.2 Å². The molecule has 0 saturated carbocycles. The zero-order valence-corrected chi connectivity index (χ0v) is 15.1. The fourth-order valence-corrected chi connectivity index (χ4v) is 3.63. The Morgan fingerprint density at radius 3 is 2.56 bits per heavy atom. The van der Waals surface area contributed by atoms with Gasteiger partial charge in [0.1, 0.15) is 5.82 Å². The summed E-state index contributed by atoms with van der Waals surface area (Å²) in [5.74, 6) is 1.86. The fraction of sp³-hybridized carbons (Fsp3) is 0.556. The molecule has 7 nitrogen and oxygen atoms in total. The molecule has 2 aromatic rings. The van der Waals surface area contributed by atoms with Gasteiger partial charge < -0.3 is 25.8 Å². The molecule has 0 unspecified atom stereocenters. The number of aromatic nitrogens is 2. The Bertz CT molecular complexity index is 754. The van der Waals surface area contributed by atoms with Crippen LogP contribution in [0.2, 0.25) is 0 Å². The molecular weight excluding hydrogens is 314 g/mol. The van der Waals surface area contributed by atoms with Crippen LogP contribution < -0.4 is 20.9 Å². The Labute approximate surface area is 148 Å². The minimum atomic E-state index is 0.230. The van der Waals surface area contributed by atoms with E-state index in [0.29, 0.717) is 0 Å². The van der Waals surface area contributed by atoms with Gasteiger partial charge in [-0.2, -0.15) is 4.98 Å². The number of anilines is 3. The van der Waals surface area contributed by atoms with E-state index in [1.807, 2.05) is 7.05 Å². The monoisotopic (exact) mass is 341 g/mol. The number of nitrogens with zero attached hydrogens (tertiary/aromatic N) is 5. The lowest BCUT2D eigenvalue weighted by Gasteiger charge is -2.33. The van der Waals surface area contributed by atoms with Crippen LogP contribution in [-0.2, 0) is 0 Å². The minimum absolute atomic E-state index is 0.230. The Kier molecular flexibility index (Phi) is 4.35. The summed E-state index contributed by atoms with van der Waals surface area (Å²) >= 11 is 0. The lowest BCUT2D eigenvalue weighted by molar-refractivity contribution is 0.311. The lowest BCUT2D eigenvalue weighted by atomic mass is 10.2. The predicted octanol–water partition coefficient (Wildman–Crippen LogP) is 0.961. The first-order valence-electron chi connectivity index (χ1n) is 9.07. The van der Waals surface area contributed by atoms with E-state index < -0.39 is 0 Å². The van der Waals surface area contributed by atoms with Crippen LogP contribution in [0.4, 0.5) is 17.5 Å². The molecule has 3 heterocycles. The number of benzene rings is 1. The SMILES string of the molecule is CNc1ccc2c(N3CC[C@@H](N)C3)nc(N3CCN(C)CC3)nc2c1. The second-order valence-electron chi connectivity index (χ2n) is 7.11. The third-order valence-electron chi connectivity index (χ3n) is 5.26. The number of hydrogen-bond acceptors (Lipinski definition) is 7. The van der Waals surface area contributed by atoms with Crippen LogP contribution in [0.1, 0.15) is 6.42 Å². The van der Waals surface area contributed by atoms with Gasteiger partial charge in [-0.15, -0.1) is 0 Å². The molecular formula is C18H27N7. The highest BCUT2D eigenvalue weighted by Gasteiger charge is 2.25. The number of piperazine rings is 1. The topological polar surface area (TPSA) is 73.6 Å². The summed E-state index contributed by atoms with van der Waals surface area (Å²) < 4.78 is 0. The molecule has 2 aliphatic rings. The molecule has 0 radical (unpaired) electrons. The number of likely N-dealkylation sites (N-methyl/N-ethyl adjacent to an activating group) is 1. The van der Waals surface area contributed by atoms with E-state index in [9.17, 15) is 0 Å². The summed E-state index contributed by atoms with van der Waals surface area (Å²) in [4.78, 5) is 16.8. The zero-order chi connectivity index (χ0) is 17.4. The van der Waals surface area contributed by atoms with Crippen molar-refractivity contribution < 1.29 is 0 Å². The van der Waals surface area contributed by atoms with Crippen molar-refractivity contribution in [2.24, 2.45) is 5.73 Å². The van der Waals surface area contributed by atoms with Gasteiger partial charge in [-0.1, -0.05) is 0 Å². The molecule has 0 aliphatic carbocycles. The van der Waals surface area contributed by atoms with E-state index in [4.69, 9.17) is 15.7 Å². The largest absolute Gasteiger partial charge is 0.388 e. The van der Waals surface area contributed by atoms with Crippen LogP contribution in [0.5, 0.6) is 0 Å². The van der Waals surface area contributed by atoms with E-state index in [-0.39, 0.29) is 6.04 Å². The van der Waals surface area contributed by atoms with Crippen LogP contribution in [0.3, 0.4) is 0 Å². The van der Waals surface area contributed by atoms with Crippen LogP contribution in [0, 0.1) is 0 Å². The first kappa shape index (κ1) is 16.4. The highest BCUT2D eigenvalue weighted by atomic mass is 15.3. The third-order valence-corrected chi connectivity index (χ3v) is 5.26. The lowest BCUT2D eigenvalue weighted by Crippen LogP contribution is -2.45. The molecule has 0 bridgehead atoms. The Hall–Kier alpha value is -2.12. The van der Waals surface area contributed by atoms with Crippen molar-refractivity contribution in [3.63, 3.8) is 0 Å². The molecule has 2 fully saturated rings. The Morgan fingerprint density at radius 1 is 1.08 bits per heavy atom. The molecule has 0 spiro atoms.